The van der Waals surface area contributed by atoms with Crippen molar-refractivity contribution in [2.45, 2.75) is 98.8 Å². The Bertz CT molecular complexity index is 657. The van der Waals surface area contributed by atoms with E-state index in [0.717, 1.165) is 25.8 Å². The van der Waals surface area contributed by atoms with Gasteiger partial charge in [0, 0.05) is 18.2 Å². The number of carboxylic acid groups (broad SMARTS) is 1. The van der Waals surface area contributed by atoms with E-state index in [2.05, 4.69) is 24.1 Å². The lowest BCUT2D eigenvalue weighted by atomic mass is 9.95. The molecule has 1 saturated heterocycles. The van der Waals surface area contributed by atoms with Crippen LogP contribution in [0.25, 0.3) is 0 Å². The van der Waals surface area contributed by atoms with Gasteiger partial charge < -0.3 is 15.3 Å². The molecule has 2 amide bonds. The molecule has 1 unspecified atom stereocenters. The Balaban J connectivity index is 3.13. The Hall–Kier alpha value is -1.89. The van der Waals surface area contributed by atoms with Gasteiger partial charge in [0.15, 0.2) is 0 Å². The van der Waals surface area contributed by atoms with E-state index in [1.54, 1.807) is 17.9 Å². The number of likely N-dealkylation sites (N-methyl/N-ethyl adjacent to an activating group) is 1. The Morgan fingerprint density at radius 3 is 2.16 bits per heavy atom. The standard InChI is InChI=1S/C24H43N3O4/c1-9-26(20(15(2)3)14-18(8)24(30)31)23(29)21(16(4)5)25-22(28)19-12-10-11-13-27(19)17(6)7/h14-17,19-21H,9-13H2,1-8H3,(H,25,28)(H,30,31)/t19?,20-,21+/m1/s1. The third kappa shape index (κ3) is 7.34. The number of likely N-dealkylation sites (tertiary alicyclic amines) is 1. The van der Waals surface area contributed by atoms with Crippen molar-refractivity contribution in [2.75, 3.05) is 13.1 Å². The average molecular weight is 438 g/mol. The predicted molar refractivity (Wildman–Crippen MR) is 124 cm³/mol. The number of hydrogen-bond donors (Lipinski definition) is 2. The van der Waals surface area contributed by atoms with Crippen LogP contribution >= 0.6 is 0 Å². The van der Waals surface area contributed by atoms with E-state index in [9.17, 15) is 19.5 Å². The zero-order valence-corrected chi connectivity index (χ0v) is 20.6. The van der Waals surface area contributed by atoms with Gasteiger partial charge in [-0.2, -0.15) is 0 Å². The molecule has 7 nitrogen and oxygen atoms in total. The summed E-state index contributed by atoms with van der Waals surface area (Å²) in [6.45, 7) is 16.8. The highest BCUT2D eigenvalue weighted by atomic mass is 16.4. The van der Waals surface area contributed by atoms with Crippen molar-refractivity contribution < 1.29 is 19.5 Å². The monoisotopic (exact) mass is 437 g/mol. The number of carbonyl (C=O) groups is 3. The summed E-state index contributed by atoms with van der Waals surface area (Å²) in [4.78, 5) is 42.0. The van der Waals surface area contributed by atoms with Crippen molar-refractivity contribution in [3.8, 4) is 0 Å². The van der Waals surface area contributed by atoms with Crippen LogP contribution in [0, 0.1) is 11.8 Å². The molecule has 1 aliphatic rings. The minimum atomic E-state index is -0.992. The van der Waals surface area contributed by atoms with Crippen molar-refractivity contribution in [1.29, 1.82) is 0 Å². The van der Waals surface area contributed by atoms with E-state index < -0.39 is 12.0 Å². The Morgan fingerprint density at radius 1 is 1.10 bits per heavy atom. The maximum atomic E-state index is 13.6. The summed E-state index contributed by atoms with van der Waals surface area (Å²) < 4.78 is 0. The summed E-state index contributed by atoms with van der Waals surface area (Å²) in [7, 11) is 0. The molecule has 1 heterocycles. The highest BCUT2D eigenvalue weighted by Crippen LogP contribution is 2.22. The summed E-state index contributed by atoms with van der Waals surface area (Å²) >= 11 is 0. The van der Waals surface area contributed by atoms with Gasteiger partial charge in [-0.25, -0.2) is 4.79 Å². The molecule has 0 aliphatic carbocycles. The van der Waals surface area contributed by atoms with Crippen molar-refractivity contribution >= 4 is 17.8 Å². The number of carboxylic acids is 1. The lowest BCUT2D eigenvalue weighted by molar-refractivity contribution is -0.141. The zero-order valence-electron chi connectivity index (χ0n) is 20.6. The molecular formula is C24H43N3O4. The van der Waals surface area contributed by atoms with Crippen molar-refractivity contribution in [1.82, 2.24) is 15.1 Å². The quantitative estimate of drug-likeness (QED) is 0.512. The summed E-state index contributed by atoms with van der Waals surface area (Å²) in [5, 5.41) is 12.3. The Morgan fingerprint density at radius 2 is 1.71 bits per heavy atom. The van der Waals surface area contributed by atoms with Crippen LogP contribution in [0.15, 0.2) is 11.6 Å². The van der Waals surface area contributed by atoms with Gasteiger partial charge in [-0.1, -0.05) is 40.2 Å². The second kappa shape index (κ2) is 12.2. The highest BCUT2D eigenvalue weighted by molar-refractivity contribution is 5.90. The van der Waals surface area contributed by atoms with Crippen LogP contribution in [0.1, 0.15) is 74.7 Å². The fraction of sp³-hybridized carbons (Fsp3) is 0.792. The maximum absolute atomic E-state index is 13.6. The fourth-order valence-electron chi connectivity index (χ4n) is 4.28. The van der Waals surface area contributed by atoms with Gasteiger partial charge >= 0.3 is 5.97 Å². The molecule has 0 spiro atoms. The van der Waals surface area contributed by atoms with Crippen LogP contribution in [-0.4, -0.2) is 69.9 Å². The molecule has 178 valence electrons. The van der Waals surface area contributed by atoms with Gasteiger partial charge in [0.2, 0.25) is 11.8 Å². The van der Waals surface area contributed by atoms with Gasteiger partial charge in [-0.3, -0.25) is 14.5 Å². The lowest BCUT2D eigenvalue weighted by Gasteiger charge is -2.39. The number of piperidine rings is 1. The van der Waals surface area contributed by atoms with Crippen LogP contribution in [0.4, 0.5) is 0 Å². The molecule has 0 saturated carbocycles. The van der Waals surface area contributed by atoms with Crippen molar-refractivity contribution in [3.05, 3.63) is 11.6 Å². The number of aliphatic carboxylic acids is 1. The molecule has 0 aromatic carbocycles. The Labute approximate surface area is 188 Å². The molecule has 31 heavy (non-hydrogen) atoms. The van der Waals surface area contributed by atoms with Crippen molar-refractivity contribution in [3.63, 3.8) is 0 Å². The van der Waals surface area contributed by atoms with Gasteiger partial charge in [-0.15, -0.1) is 0 Å². The molecule has 0 bridgehead atoms. The van der Waals surface area contributed by atoms with E-state index in [4.69, 9.17) is 0 Å². The molecule has 2 N–H and O–H groups in total. The number of carbonyl (C=O) groups excluding carboxylic acids is 2. The SMILES string of the molecule is CCN(C(=O)[C@@H](NC(=O)C1CCCCN1C(C)C)C(C)C)[C@H](C=C(C)C(=O)O)C(C)C. The normalized spacial score (nSPS) is 20.1. The first-order valence-electron chi connectivity index (χ1n) is 11.7. The zero-order chi connectivity index (χ0) is 23.9. The summed E-state index contributed by atoms with van der Waals surface area (Å²) in [6, 6.07) is -0.949. The second-order valence-electron chi connectivity index (χ2n) is 9.59. The van der Waals surface area contributed by atoms with E-state index in [1.807, 2.05) is 34.6 Å². The predicted octanol–water partition coefficient (Wildman–Crippen LogP) is 3.29. The summed E-state index contributed by atoms with van der Waals surface area (Å²) in [6.07, 6.45) is 4.55. The molecule has 0 radical (unpaired) electrons. The Kier molecular flexibility index (Phi) is 10.7. The van der Waals surface area contributed by atoms with Crippen molar-refractivity contribution in [2.24, 2.45) is 11.8 Å². The minimum Gasteiger partial charge on any atom is -0.478 e. The maximum Gasteiger partial charge on any atom is 0.331 e. The largest absolute Gasteiger partial charge is 0.478 e. The third-order valence-electron chi connectivity index (χ3n) is 6.17. The van der Waals surface area contributed by atoms with Crippen LogP contribution in [0.5, 0.6) is 0 Å². The molecule has 1 aliphatic heterocycles. The molecular weight excluding hydrogens is 394 g/mol. The van der Waals surface area contributed by atoms with Crippen LogP contribution in [0.2, 0.25) is 0 Å². The molecule has 1 rings (SSSR count). The first kappa shape index (κ1) is 27.1. The molecule has 3 atom stereocenters. The number of nitrogens with one attached hydrogen (secondary N) is 1. The smallest absolute Gasteiger partial charge is 0.331 e. The summed E-state index contributed by atoms with van der Waals surface area (Å²) in [5.74, 6) is -1.29. The van der Waals surface area contributed by atoms with Gasteiger partial charge in [-0.05, 0) is 58.9 Å². The first-order valence-corrected chi connectivity index (χ1v) is 11.7. The first-order chi connectivity index (χ1) is 14.4. The van der Waals surface area contributed by atoms with E-state index >= 15 is 0 Å². The molecule has 0 aromatic heterocycles. The van der Waals surface area contributed by atoms with Crippen LogP contribution < -0.4 is 5.32 Å². The van der Waals surface area contributed by atoms with Crippen LogP contribution in [-0.2, 0) is 14.4 Å². The molecule has 7 heteroatoms. The number of amides is 2. The minimum absolute atomic E-state index is 0.0384. The van der Waals surface area contributed by atoms with Gasteiger partial charge in [0.1, 0.15) is 6.04 Å². The number of nitrogens with zero attached hydrogens (tertiary/aromatic N) is 2. The molecule has 0 aromatic rings. The number of hydrogen-bond acceptors (Lipinski definition) is 4. The molecule has 1 fully saturated rings. The van der Waals surface area contributed by atoms with E-state index in [-0.39, 0.29) is 47.3 Å². The van der Waals surface area contributed by atoms with Gasteiger partial charge in [0.05, 0.1) is 12.1 Å². The third-order valence-corrected chi connectivity index (χ3v) is 6.17. The lowest BCUT2D eigenvalue weighted by Crippen LogP contribution is -2.59. The second-order valence-corrected chi connectivity index (χ2v) is 9.59. The number of rotatable bonds is 10. The highest BCUT2D eigenvalue weighted by Gasteiger charge is 2.36. The van der Waals surface area contributed by atoms with Crippen LogP contribution in [0.3, 0.4) is 0 Å². The van der Waals surface area contributed by atoms with E-state index in [0.29, 0.717) is 6.54 Å². The summed E-state index contributed by atoms with van der Waals surface area (Å²) in [5.41, 5.74) is 0.213. The average Bonchev–Trinajstić information content (AvgIpc) is 2.70. The topological polar surface area (TPSA) is 90.0 Å². The fourth-order valence-corrected chi connectivity index (χ4v) is 4.28. The van der Waals surface area contributed by atoms with Gasteiger partial charge in [0.25, 0.3) is 0 Å². The van der Waals surface area contributed by atoms with E-state index in [1.165, 1.54) is 0 Å².